The van der Waals surface area contributed by atoms with Gasteiger partial charge in [0.05, 0.1) is 5.69 Å². The van der Waals surface area contributed by atoms with E-state index in [1.54, 1.807) is 6.07 Å². The van der Waals surface area contributed by atoms with Crippen LogP contribution in [0, 0.1) is 11.8 Å². The van der Waals surface area contributed by atoms with Gasteiger partial charge in [-0.15, -0.1) is 0 Å². The number of anilines is 1. The van der Waals surface area contributed by atoms with Gasteiger partial charge in [0.1, 0.15) is 0 Å². The summed E-state index contributed by atoms with van der Waals surface area (Å²) in [5, 5.41) is 8.94. The first-order valence-corrected chi connectivity index (χ1v) is 9.93. The molecule has 5 nitrogen and oxygen atoms in total. The molecule has 2 N–H and O–H groups in total. The minimum Gasteiger partial charge on any atom is -0.279 e. The smallest absolute Gasteiger partial charge is 0.271 e. The van der Waals surface area contributed by atoms with Crippen LogP contribution in [0.1, 0.15) is 75.6 Å². The van der Waals surface area contributed by atoms with E-state index in [4.69, 9.17) is 0 Å². The quantitative estimate of drug-likeness (QED) is 0.751. The van der Waals surface area contributed by atoms with Crippen molar-refractivity contribution in [2.24, 2.45) is 22.0 Å². The van der Waals surface area contributed by atoms with E-state index in [1.807, 2.05) is 18.2 Å². The number of hydrogen-bond acceptors (Lipinski definition) is 4. The van der Waals surface area contributed by atoms with Crippen LogP contribution in [0.25, 0.3) is 0 Å². The van der Waals surface area contributed by atoms with Crippen LogP contribution in [0.3, 0.4) is 0 Å². The van der Waals surface area contributed by atoms with Crippen molar-refractivity contribution in [1.29, 1.82) is 0 Å². The molecular weight excluding hydrogens is 324 g/mol. The maximum Gasteiger partial charge on any atom is 0.271 e. The highest BCUT2D eigenvalue weighted by Crippen LogP contribution is 2.22. The van der Waals surface area contributed by atoms with Gasteiger partial charge in [-0.05, 0) is 68.6 Å². The van der Waals surface area contributed by atoms with Gasteiger partial charge in [0.15, 0.2) is 0 Å². The van der Waals surface area contributed by atoms with Gasteiger partial charge in [0, 0.05) is 17.0 Å². The van der Waals surface area contributed by atoms with E-state index in [0.717, 1.165) is 37.1 Å². The van der Waals surface area contributed by atoms with Crippen LogP contribution in [0.4, 0.5) is 5.69 Å². The van der Waals surface area contributed by atoms with Crippen LogP contribution in [0.15, 0.2) is 34.5 Å². The zero-order valence-electron chi connectivity index (χ0n) is 15.9. The Hall–Kier alpha value is -2.17. The van der Waals surface area contributed by atoms with Gasteiger partial charge in [0.25, 0.3) is 5.91 Å². The number of carbonyl (C=O) groups excluding carboxylic acids is 1. The topological polar surface area (TPSA) is 65.8 Å². The van der Waals surface area contributed by atoms with Crippen LogP contribution in [0.2, 0.25) is 0 Å². The molecule has 0 bridgehead atoms. The molecule has 2 unspecified atom stereocenters. The molecule has 0 aromatic heterocycles. The van der Waals surface area contributed by atoms with Crippen LogP contribution < -0.4 is 10.9 Å². The zero-order chi connectivity index (χ0) is 18.4. The number of hydrogen-bond donors (Lipinski definition) is 2. The first kappa shape index (κ1) is 18.6. The van der Waals surface area contributed by atoms with Crippen LogP contribution >= 0.6 is 0 Å². The fraction of sp³-hybridized carbons (Fsp3) is 0.571. The minimum atomic E-state index is -0.169. The third-order valence-electron chi connectivity index (χ3n) is 5.53. The molecule has 1 aromatic rings. The Morgan fingerprint density at radius 3 is 2.27 bits per heavy atom. The molecule has 140 valence electrons. The Balaban J connectivity index is 1.62. The minimum absolute atomic E-state index is 0.169. The lowest BCUT2D eigenvalue weighted by Gasteiger charge is -2.20. The number of amides is 1. The Labute approximate surface area is 156 Å². The summed E-state index contributed by atoms with van der Waals surface area (Å²) >= 11 is 0. The fourth-order valence-electron chi connectivity index (χ4n) is 3.72. The van der Waals surface area contributed by atoms with Gasteiger partial charge < -0.3 is 0 Å². The van der Waals surface area contributed by atoms with E-state index in [-0.39, 0.29) is 5.91 Å². The second-order valence-electron chi connectivity index (χ2n) is 7.63. The lowest BCUT2D eigenvalue weighted by molar-refractivity contribution is 0.0954. The number of carbonyl (C=O) groups is 1. The molecule has 2 fully saturated rings. The van der Waals surface area contributed by atoms with Crippen LogP contribution in [-0.4, -0.2) is 17.3 Å². The van der Waals surface area contributed by atoms with E-state index in [2.05, 4.69) is 34.9 Å². The fourth-order valence-corrected chi connectivity index (χ4v) is 3.72. The van der Waals surface area contributed by atoms with Crippen molar-refractivity contribution in [3.63, 3.8) is 0 Å². The van der Waals surface area contributed by atoms with Crippen molar-refractivity contribution >= 4 is 23.0 Å². The number of nitrogens with zero attached hydrogens (tertiary/aromatic N) is 2. The lowest BCUT2D eigenvalue weighted by Crippen LogP contribution is -2.24. The molecule has 2 atom stereocenters. The van der Waals surface area contributed by atoms with E-state index in [9.17, 15) is 4.79 Å². The summed E-state index contributed by atoms with van der Waals surface area (Å²) < 4.78 is 0. The van der Waals surface area contributed by atoms with Gasteiger partial charge >= 0.3 is 0 Å². The zero-order valence-corrected chi connectivity index (χ0v) is 15.9. The van der Waals surface area contributed by atoms with Gasteiger partial charge in [-0.1, -0.05) is 32.8 Å². The molecule has 0 aliphatic heterocycles. The highest BCUT2D eigenvalue weighted by Gasteiger charge is 2.17. The molecule has 3 rings (SSSR count). The van der Waals surface area contributed by atoms with Crippen LogP contribution in [-0.2, 0) is 0 Å². The molecule has 26 heavy (non-hydrogen) atoms. The Morgan fingerprint density at radius 2 is 1.62 bits per heavy atom. The molecule has 0 heterocycles. The predicted octanol–water partition coefficient (Wildman–Crippen LogP) is 4.96. The number of benzene rings is 1. The Morgan fingerprint density at radius 1 is 0.962 bits per heavy atom. The molecule has 0 saturated heterocycles. The summed E-state index contributed by atoms with van der Waals surface area (Å²) in [5.74, 6) is 0.832. The molecule has 5 heteroatoms. The number of nitrogens with one attached hydrogen (secondary N) is 2. The second-order valence-corrected chi connectivity index (χ2v) is 7.63. The molecule has 1 amide bonds. The molecule has 2 aliphatic rings. The summed E-state index contributed by atoms with van der Waals surface area (Å²) in [4.78, 5) is 12.4. The summed E-state index contributed by atoms with van der Waals surface area (Å²) in [6, 6.07) is 7.44. The predicted molar refractivity (Wildman–Crippen MR) is 108 cm³/mol. The maximum absolute atomic E-state index is 12.4. The van der Waals surface area contributed by atoms with Crippen molar-refractivity contribution < 1.29 is 4.79 Å². The lowest BCUT2D eigenvalue weighted by atomic mass is 9.89. The summed E-state index contributed by atoms with van der Waals surface area (Å²) in [6.45, 7) is 4.41. The van der Waals surface area contributed by atoms with Crippen molar-refractivity contribution in [2.75, 3.05) is 5.43 Å². The normalized spacial score (nSPS) is 26.7. The summed E-state index contributed by atoms with van der Waals surface area (Å²) in [7, 11) is 0. The van der Waals surface area contributed by atoms with E-state index in [0.29, 0.717) is 17.4 Å². The van der Waals surface area contributed by atoms with E-state index in [1.165, 1.54) is 31.4 Å². The average molecular weight is 354 g/mol. The van der Waals surface area contributed by atoms with Gasteiger partial charge in [-0.3, -0.25) is 10.2 Å². The third-order valence-corrected chi connectivity index (χ3v) is 5.53. The van der Waals surface area contributed by atoms with Crippen LogP contribution in [0.5, 0.6) is 0 Å². The third kappa shape index (κ3) is 4.93. The summed E-state index contributed by atoms with van der Waals surface area (Å²) in [5.41, 5.74) is 9.61. The summed E-state index contributed by atoms with van der Waals surface area (Å²) in [6.07, 6.45) is 9.33. The van der Waals surface area contributed by atoms with Crippen molar-refractivity contribution in [2.45, 2.75) is 65.2 Å². The molecule has 2 saturated carbocycles. The van der Waals surface area contributed by atoms with E-state index >= 15 is 0 Å². The van der Waals surface area contributed by atoms with Crippen molar-refractivity contribution in [3.05, 3.63) is 29.8 Å². The largest absolute Gasteiger partial charge is 0.279 e. The van der Waals surface area contributed by atoms with E-state index < -0.39 is 0 Å². The van der Waals surface area contributed by atoms with Gasteiger partial charge in [0.2, 0.25) is 0 Å². The molecule has 1 aromatic carbocycles. The highest BCUT2D eigenvalue weighted by atomic mass is 16.2. The highest BCUT2D eigenvalue weighted by molar-refractivity contribution is 5.96. The maximum atomic E-state index is 12.4. The van der Waals surface area contributed by atoms with Gasteiger partial charge in [-0.2, -0.15) is 10.2 Å². The SMILES string of the molecule is CC1CCCCC1=NNC(=O)c1cccc(NN=C2CCCCC2C)c1. The molecule has 0 radical (unpaired) electrons. The van der Waals surface area contributed by atoms with Crippen molar-refractivity contribution in [3.8, 4) is 0 Å². The Kier molecular flexibility index (Phi) is 6.42. The first-order valence-electron chi connectivity index (χ1n) is 9.93. The standard InChI is InChI=1S/C21H30N4O/c1-15-8-3-5-12-19(15)23-22-18-11-7-10-17(14-18)21(26)25-24-20-13-6-4-9-16(20)2/h7,10-11,14-16,22H,3-6,8-9,12-13H2,1-2H3,(H,25,26). The average Bonchev–Trinajstić information content (AvgIpc) is 2.67. The first-order chi connectivity index (χ1) is 12.6. The van der Waals surface area contributed by atoms with Gasteiger partial charge in [-0.25, -0.2) is 5.43 Å². The Bertz CT molecular complexity index is 695. The van der Waals surface area contributed by atoms with Crippen molar-refractivity contribution in [1.82, 2.24) is 5.43 Å². The monoisotopic (exact) mass is 354 g/mol. The molecule has 2 aliphatic carbocycles. The molecule has 0 spiro atoms. The number of hydrazone groups is 2. The number of rotatable bonds is 4. The second kappa shape index (κ2) is 8.97. The molecular formula is C21H30N4O.